The van der Waals surface area contributed by atoms with E-state index in [1.165, 1.54) is 34.7 Å². The summed E-state index contributed by atoms with van der Waals surface area (Å²) in [4.78, 5) is 17.3. The SMILES string of the molecule is CC(C)(O)c1ccc(S(C)(=O)=NC(=O)Nc2c3c(cc4c2CCC4)CCC3)cn1. The third kappa shape index (κ3) is 3.94. The maximum Gasteiger partial charge on any atom is 0.353 e. The van der Waals surface area contributed by atoms with Gasteiger partial charge < -0.3 is 10.4 Å². The summed E-state index contributed by atoms with van der Waals surface area (Å²) < 4.78 is 17.1. The lowest BCUT2D eigenvalue weighted by Crippen LogP contribution is -2.18. The highest BCUT2D eigenvalue weighted by Crippen LogP contribution is 2.38. The lowest BCUT2D eigenvalue weighted by Gasteiger charge is -2.17. The number of aliphatic hydroxyl groups is 1. The van der Waals surface area contributed by atoms with E-state index in [1.54, 1.807) is 26.0 Å². The number of hydrogen-bond acceptors (Lipinski definition) is 4. The normalized spacial score (nSPS) is 17.4. The minimum atomic E-state index is -2.95. The highest BCUT2D eigenvalue weighted by Gasteiger charge is 2.25. The van der Waals surface area contributed by atoms with Crippen molar-refractivity contribution in [2.45, 2.75) is 62.9 Å². The molecule has 7 heteroatoms. The summed E-state index contributed by atoms with van der Waals surface area (Å²) in [6.07, 6.45) is 9.07. The topological polar surface area (TPSA) is 91.6 Å². The second-order valence-corrected chi connectivity index (χ2v) is 10.8. The minimum Gasteiger partial charge on any atom is -0.384 e. The molecule has 2 aliphatic carbocycles. The van der Waals surface area contributed by atoms with Gasteiger partial charge in [-0.3, -0.25) is 4.98 Å². The molecule has 1 aromatic carbocycles. The van der Waals surface area contributed by atoms with E-state index in [9.17, 15) is 14.1 Å². The second kappa shape index (κ2) is 7.22. The van der Waals surface area contributed by atoms with E-state index >= 15 is 0 Å². The molecule has 0 saturated heterocycles. The molecule has 6 nitrogen and oxygen atoms in total. The average Bonchev–Trinajstić information content (AvgIpc) is 3.29. The number of nitrogens with zero attached hydrogens (tertiary/aromatic N) is 2. The van der Waals surface area contributed by atoms with Crippen LogP contribution in [0.3, 0.4) is 0 Å². The maximum atomic E-state index is 13.1. The van der Waals surface area contributed by atoms with E-state index in [1.807, 2.05) is 0 Å². The Kier molecular flexibility index (Phi) is 4.99. The quantitative estimate of drug-likeness (QED) is 0.796. The smallest absolute Gasteiger partial charge is 0.353 e. The van der Waals surface area contributed by atoms with Crippen LogP contribution in [0.1, 0.15) is 54.6 Å². The Morgan fingerprint density at radius 1 is 1.14 bits per heavy atom. The molecule has 2 aromatic rings. The van der Waals surface area contributed by atoms with Crippen LogP contribution < -0.4 is 5.32 Å². The molecule has 154 valence electrons. The standard InChI is InChI=1S/C22H27N3O3S/c1-22(2,27)19-11-10-16(13-23-19)29(3,28)25-21(26)24-20-17-8-4-6-14(17)12-15-7-5-9-18(15)20/h10-13,27H,4-9H2,1-3H3,(H,24,26). The molecule has 0 aliphatic heterocycles. The van der Waals surface area contributed by atoms with E-state index < -0.39 is 21.4 Å². The van der Waals surface area contributed by atoms with Gasteiger partial charge in [-0.05, 0) is 86.8 Å². The van der Waals surface area contributed by atoms with Gasteiger partial charge in [-0.25, -0.2) is 9.00 Å². The number of carbonyl (C=O) groups excluding carboxylic acids is 1. The van der Waals surface area contributed by atoms with Crippen molar-refractivity contribution in [1.82, 2.24) is 4.98 Å². The molecule has 0 bridgehead atoms. The molecule has 1 aromatic heterocycles. The van der Waals surface area contributed by atoms with Crippen molar-refractivity contribution in [1.29, 1.82) is 0 Å². The van der Waals surface area contributed by atoms with Gasteiger partial charge in [0, 0.05) is 18.1 Å². The molecule has 1 atom stereocenters. The predicted molar refractivity (Wildman–Crippen MR) is 114 cm³/mol. The molecule has 4 rings (SSSR count). The van der Waals surface area contributed by atoms with Gasteiger partial charge in [0.1, 0.15) is 5.60 Å². The lowest BCUT2D eigenvalue weighted by molar-refractivity contribution is 0.0737. The fourth-order valence-electron chi connectivity index (χ4n) is 4.27. The lowest BCUT2D eigenvalue weighted by atomic mass is 9.99. The molecule has 0 radical (unpaired) electrons. The highest BCUT2D eigenvalue weighted by atomic mass is 32.2. The number of fused-ring (bicyclic) bond motifs is 2. The zero-order valence-corrected chi connectivity index (χ0v) is 17.9. The van der Waals surface area contributed by atoms with E-state index in [4.69, 9.17) is 0 Å². The first kappa shape index (κ1) is 20.0. The monoisotopic (exact) mass is 413 g/mol. The van der Waals surface area contributed by atoms with E-state index in [2.05, 4.69) is 20.7 Å². The van der Waals surface area contributed by atoms with Gasteiger partial charge >= 0.3 is 6.03 Å². The number of pyridine rings is 1. The van der Waals surface area contributed by atoms with Gasteiger partial charge in [-0.2, -0.15) is 0 Å². The molecule has 2 aliphatic rings. The van der Waals surface area contributed by atoms with Crippen LogP contribution in [0.25, 0.3) is 0 Å². The Balaban J connectivity index is 1.63. The van der Waals surface area contributed by atoms with E-state index in [0.717, 1.165) is 44.2 Å². The van der Waals surface area contributed by atoms with Crippen LogP contribution >= 0.6 is 0 Å². The predicted octanol–water partition coefficient (Wildman–Crippen LogP) is 3.98. The number of rotatable bonds is 3. The van der Waals surface area contributed by atoms with Crippen LogP contribution in [-0.4, -0.2) is 26.6 Å². The minimum absolute atomic E-state index is 0.365. The molecule has 1 heterocycles. The number of urea groups is 1. The zero-order chi connectivity index (χ0) is 20.8. The Labute approximate surface area is 171 Å². The fourth-order valence-corrected chi connectivity index (χ4v) is 5.31. The molecule has 2 N–H and O–H groups in total. The number of nitrogens with one attached hydrogen (secondary N) is 1. The Morgan fingerprint density at radius 2 is 1.76 bits per heavy atom. The number of benzene rings is 1. The number of aromatic nitrogens is 1. The van der Waals surface area contributed by atoms with Crippen molar-refractivity contribution in [2.24, 2.45) is 4.36 Å². The van der Waals surface area contributed by atoms with Gasteiger partial charge in [0.2, 0.25) is 0 Å². The van der Waals surface area contributed by atoms with Crippen molar-refractivity contribution < 1.29 is 14.1 Å². The van der Waals surface area contributed by atoms with Crippen molar-refractivity contribution in [3.8, 4) is 0 Å². The van der Waals surface area contributed by atoms with E-state index in [0.29, 0.717) is 10.6 Å². The van der Waals surface area contributed by atoms with Crippen LogP contribution in [-0.2, 0) is 41.0 Å². The molecule has 2 amide bonds. The largest absolute Gasteiger partial charge is 0.384 e. The summed E-state index contributed by atoms with van der Waals surface area (Å²) in [5, 5.41) is 13.0. The summed E-state index contributed by atoms with van der Waals surface area (Å²) >= 11 is 0. The molecule has 0 spiro atoms. The molecule has 0 saturated carbocycles. The Morgan fingerprint density at radius 3 is 2.28 bits per heavy atom. The first-order valence-corrected chi connectivity index (χ1v) is 12.0. The third-order valence-electron chi connectivity index (χ3n) is 5.76. The molecule has 0 fully saturated rings. The van der Waals surface area contributed by atoms with Crippen LogP contribution in [0.5, 0.6) is 0 Å². The number of carbonyl (C=O) groups is 1. The third-order valence-corrected chi connectivity index (χ3v) is 7.39. The van der Waals surface area contributed by atoms with Gasteiger partial charge in [-0.1, -0.05) is 6.07 Å². The van der Waals surface area contributed by atoms with Gasteiger partial charge in [0.05, 0.1) is 20.3 Å². The van der Waals surface area contributed by atoms with Crippen LogP contribution in [0.4, 0.5) is 10.5 Å². The summed E-state index contributed by atoms with van der Waals surface area (Å²) in [7, 11) is -2.95. The number of aryl methyl sites for hydroxylation is 2. The van der Waals surface area contributed by atoms with Crippen LogP contribution in [0.2, 0.25) is 0 Å². The van der Waals surface area contributed by atoms with Crippen LogP contribution in [0.15, 0.2) is 33.7 Å². The number of hydrogen-bond donors (Lipinski definition) is 2. The highest BCUT2D eigenvalue weighted by molar-refractivity contribution is 7.93. The van der Waals surface area contributed by atoms with Crippen LogP contribution in [0, 0.1) is 0 Å². The summed E-state index contributed by atoms with van der Waals surface area (Å²) in [6, 6.07) is 4.94. The molecular weight excluding hydrogens is 386 g/mol. The summed E-state index contributed by atoms with van der Waals surface area (Å²) in [6.45, 7) is 3.26. The number of amides is 2. The average molecular weight is 414 g/mol. The Bertz CT molecular complexity index is 1060. The van der Waals surface area contributed by atoms with E-state index in [-0.39, 0.29) is 0 Å². The zero-order valence-electron chi connectivity index (χ0n) is 17.1. The molecule has 29 heavy (non-hydrogen) atoms. The number of anilines is 1. The Hall–Kier alpha value is -2.25. The first-order chi connectivity index (χ1) is 13.6. The van der Waals surface area contributed by atoms with Crippen molar-refractivity contribution in [3.05, 3.63) is 52.3 Å². The second-order valence-electron chi connectivity index (χ2n) is 8.50. The van der Waals surface area contributed by atoms with Crippen molar-refractivity contribution in [3.63, 3.8) is 0 Å². The van der Waals surface area contributed by atoms with Crippen molar-refractivity contribution >= 4 is 21.4 Å². The van der Waals surface area contributed by atoms with Crippen molar-refractivity contribution in [2.75, 3.05) is 11.6 Å². The van der Waals surface area contributed by atoms with Gasteiger partial charge in [0.25, 0.3) is 0 Å². The maximum absolute atomic E-state index is 13.1. The molecular formula is C22H27N3O3S. The summed E-state index contributed by atoms with van der Waals surface area (Å²) in [5.41, 5.74) is 5.36. The van der Waals surface area contributed by atoms with Gasteiger partial charge in [0.15, 0.2) is 0 Å². The fraction of sp³-hybridized carbons (Fsp3) is 0.455. The summed E-state index contributed by atoms with van der Waals surface area (Å²) in [5.74, 6) is 0. The van der Waals surface area contributed by atoms with Gasteiger partial charge in [-0.15, -0.1) is 4.36 Å². The first-order valence-electron chi connectivity index (χ1n) is 10.0. The molecule has 1 unspecified atom stereocenters.